The zero-order chi connectivity index (χ0) is 50.7. The number of carbonyl (C=O) groups is 1. The van der Waals surface area contributed by atoms with Gasteiger partial charge in [0, 0.05) is 0 Å². The minimum atomic E-state index is -1.87. The molecule has 16 nitrogen and oxygen atoms in total. The largest absolute Gasteiger partial charge is 0.394 e. The lowest BCUT2D eigenvalue weighted by Crippen LogP contribution is -2.65. The summed E-state index contributed by atoms with van der Waals surface area (Å²) in [5.41, 5.74) is 0. The number of hydrogen-bond donors (Lipinski definition) is 11. The van der Waals surface area contributed by atoms with Crippen molar-refractivity contribution in [1.29, 1.82) is 0 Å². The Balaban J connectivity index is 1.89. The molecule has 0 aromatic heterocycles. The van der Waals surface area contributed by atoms with Crippen LogP contribution < -0.4 is 5.32 Å². The van der Waals surface area contributed by atoms with Gasteiger partial charge in [-0.3, -0.25) is 4.79 Å². The summed E-state index contributed by atoms with van der Waals surface area (Å²) < 4.78 is 22.9. The lowest BCUT2D eigenvalue weighted by molar-refractivity contribution is -0.368. The van der Waals surface area contributed by atoms with E-state index in [1.54, 1.807) is 0 Å². The van der Waals surface area contributed by atoms with Crippen molar-refractivity contribution < 1.29 is 74.8 Å². The van der Waals surface area contributed by atoms with Crippen LogP contribution in [0.3, 0.4) is 0 Å². The molecule has 2 aliphatic heterocycles. The number of rotatable bonds is 44. The van der Waals surface area contributed by atoms with E-state index in [1.165, 1.54) is 135 Å². The summed E-state index contributed by atoms with van der Waals surface area (Å²) in [6.45, 7) is 2.40. The van der Waals surface area contributed by atoms with Crippen molar-refractivity contribution in [1.82, 2.24) is 5.32 Å². The SMILES string of the molecule is CCCCCCCCCCCCCCCCCCCCCC[C@@H](O)C(=O)N[C@@H](CO[C@H]1O[C@H](CO)[C@H](O)[C@H](O)[C@H]1O[C@H]1O[C@H](CO)[C@@H](O)[C@H](O)[C@H]1O)[C@H](O)[C@H](O)CCCCCCCCCCCCC. The molecule has 0 saturated carbocycles. The minimum Gasteiger partial charge on any atom is -0.394 e. The van der Waals surface area contributed by atoms with Crippen molar-refractivity contribution in [3.63, 3.8) is 0 Å². The van der Waals surface area contributed by atoms with Crippen molar-refractivity contribution in [2.75, 3.05) is 19.8 Å². The highest BCUT2D eigenvalue weighted by Crippen LogP contribution is 2.30. The zero-order valence-electron chi connectivity index (χ0n) is 43.1. The fraction of sp³-hybridized carbons (Fsp3) is 0.981. The number of ether oxygens (including phenoxy) is 4. The van der Waals surface area contributed by atoms with E-state index < -0.39 is 111 Å². The summed E-state index contributed by atoms with van der Waals surface area (Å²) in [6, 6.07) is -1.31. The molecule has 0 unspecified atom stereocenters. The number of nitrogens with one attached hydrogen (secondary N) is 1. The summed E-state index contributed by atoms with van der Waals surface area (Å²) in [7, 11) is 0. The Hall–Kier alpha value is -1.09. The van der Waals surface area contributed by atoms with Crippen molar-refractivity contribution in [3.05, 3.63) is 0 Å². The Kier molecular flexibility index (Phi) is 37.4. The van der Waals surface area contributed by atoms with Crippen molar-refractivity contribution in [3.8, 4) is 0 Å². The highest BCUT2D eigenvalue weighted by atomic mass is 16.8. The number of hydrogen-bond acceptors (Lipinski definition) is 15. The van der Waals surface area contributed by atoms with Gasteiger partial charge >= 0.3 is 0 Å². The van der Waals surface area contributed by atoms with Gasteiger partial charge in [-0.1, -0.05) is 213 Å². The molecule has 16 heteroatoms. The molecule has 14 atom stereocenters. The number of aliphatic hydroxyl groups excluding tert-OH is 10. The smallest absolute Gasteiger partial charge is 0.249 e. The molecule has 1 amide bonds. The van der Waals surface area contributed by atoms with Gasteiger partial charge in [-0.15, -0.1) is 0 Å². The quantitative estimate of drug-likeness (QED) is 0.0308. The molecule has 0 aromatic rings. The highest BCUT2D eigenvalue weighted by molar-refractivity contribution is 5.80. The van der Waals surface area contributed by atoms with Crippen LogP contribution in [0.5, 0.6) is 0 Å². The predicted octanol–water partition coefficient (Wildman–Crippen LogP) is 6.11. The molecule has 0 aliphatic carbocycles. The van der Waals surface area contributed by atoms with Gasteiger partial charge in [0.1, 0.15) is 61.0 Å². The first-order valence-corrected chi connectivity index (χ1v) is 28.0. The lowest BCUT2D eigenvalue weighted by atomic mass is 9.97. The number of amides is 1. The van der Waals surface area contributed by atoms with Crippen LogP contribution in [0.4, 0.5) is 0 Å². The first-order chi connectivity index (χ1) is 33.4. The molecular formula is C53H103NO15. The van der Waals surface area contributed by atoms with Gasteiger partial charge in [-0.25, -0.2) is 0 Å². The molecule has 2 saturated heterocycles. The maximum absolute atomic E-state index is 13.4. The molecule has 0 aromatic carbocycles. The van der Waals surface area contributed by atoms with Gasteiger partial charge in [0.25, 0.3) is 0 Å². The van der Waals surface area contributed by atoms with E-state index in [2.05, 4.69) is 19.2 Å². The van der Waals surface area contributed by atoms with E-state index in [1.807, 2.05) is 0 Å². The number of aliphatic hydroxyl groups is 10. The van der Waals surface area contributed by atoms with E-state index >= 15 is 0 Å². The summed E-state index contributed by atoms with van der Waals surface area (Å²) in [6.07, 6.45) is 16.4. The van der Waals surface area contributed by atoms with Crippen molar-refractivity contribution in [2.45, 2.75) is 312 Å². The molecule has 0 spiro atoms. The van der Waals surface area contributed by atoms with Crippen LogP contribution in [0.1, 0.15) is 226 Å². The van der Waals surface area contributed by atoms with E-state index in [0.717, 1.165) is 51.4 Å². The first kappa shape index (κ1) is 64.0. The van der Waals surface area contributed by atoms with Gasteiger partial charge in [0.05, 0.1) is 32.0 Å². The second-order valence-corrected chi connectivity index (χ2v) is 20.4. The van der Waals surface area contributed by atoms with Gasteiger partial charge < -0.3 is 75.3 Å². The summed E-state index contributed by atoms with van der Waals surface area (Å²) in [4.78, 5) is 13.4. The minimum absolute atomic E-state index is 0.193. The Morgan fingerprint density at radius 3 is 1.25 bits per heavy atom. The molecule has 2 heterocycles. The Labute approximate surface area is 416 Å². The maximum atomic E-state index is 13.4. The fourth-order valence-corrected chi connectivity index (χ4v) is 9.55. The average molecular weight is 994 g/mol. The zero-order valence-corrected chi connectivity index (χ0v) is 43.1. The normalized spacial score (nSPS) is 27.0. The van der Waals surface area contributed by atoms with Gasteiger partial charge in [-0.2, -0.15) is 0 Å². The third-order valence-corrected chi connectivity index (χ3v) is 14.3. The van der Waals surface area contributed by atoms with Gasteiger partial charge in [-0.05, 0) is 12.8 Å². The van der Waals surface area contributed by atoms with E-state index in [4.69, 9.17) is 18.9 Å². The highest BCUT2D eigenvalue weighted by Gasteiger charge is 2.51. The molecular weight excluding hydrogens is 891 g/mol. The molecule has 11 N–H and O–H groups in total. The second-order valence-electron chi connectivity index (χ2n) is 20.4. The molecule has 0 radical (unpaired) electrons. The first-order valence-electron chi connectivity index (χ1n) is 28.0. The third kappa shape index (κ3) is 26.6. The van der Waals surface area contributed by atoms with Gasteiger partial charge in [0.15, 0.2) is 12.6 Å². The van der Waals surface area contributed by atoms with E-state index in [0.29, 0.717) is 12.8 Å². The van der Waals surface area contributed by atoms with Crippen molar-refractivity contribution >= 4 is 5.91 Å². The molecule has 410 valence electrons. The van der Waals surface area contributed by atoms with Crippen LogP contribution in [-0.2, 0) is 23.7 Å². The average Bonchev–Trinajstić information content (AvgIpc) is 3.35. The lowest BCUT2D eigenvalue weighted by Gasteiger charge is -2.46. The van der Waals surface area contributed by atoms with Crippen LogP contribution in [0, 0.1) is 0 Å². The summed E-state index contributed by atoms with van der Waals surface area (Å²) >= 11 is 0. The Bertz CT molecular complexity index is 1210. The molecule has 0 bridgehead atoms. The molecule has 2 fully saturated rings. The maximum Gasteiger partial charge on any atom is 0.249 e. The topological polar surface area (TPSA) is 268 Å². The van der Waals surface area contributed by atoms with Crippen LogP contribution in [0.25, 0.3) is 0 Å². The van der Waals surface area contributed by atoms with E-state index in [9.17, 15) is 55.9 Å². The number of unbranched alkanes of at least 4 members (excludes halogenated alkanes) is 29. The Morgan fingerprint density at radius 2 is 0.841 bits per heavy atom. The number of carbonyl (C=O) groups excluding carboxylic acids is 1. The summed E-state index contributed by atoms with van der Waals surface area (Å²) in [5, 5.41) is 109. The van der Waals surface area contributed by atoms with Crippen LogP contribution in [0.15, 0.2) is 0 Å². The van der Waals surface area contributed by atoms with Gasteiger partial charge in [0.2, 0.25) is 5.91 Å². The summed E-state index contributed by atoms with van der Waals surface area (Å²) in [5.74, 6) is -0.773. The van der Waals surface area contributed by atoms with Crippen molar-refractivity contribution in [2.24, 2.45) is 0 Å². The second kappa shape index (κ2) is 40.3. The monoisotopic (exact) mass is 994 g/mol. The van der Waals surface area contributed by atoms with E-state index in [-0.39, 0.29) is 12.8 Å². The Morgan fingerprint density at radius 1 is 0.478 bits per heavy atom. The van der Waals surface area contributed by atoms with Crippen LogP contribution in [0.2, 0.25) is 0 Å². The predicted molar refractivity (Wildman–Crippen MR) is 266 cm³/mol. The fourth-order valence-electron chi connectivity index (χ4n) is 9.55. The molecule has 2 aliphatic rings. The van der Waals surface area contributed by atoms with Crippen LogP contribution >= 0.6 is 0 Å². The third-order valence-electron chi connectivity index (χ3n) is 14.3. The van der Waals surface area contributed by atoms with Crippen LogP contribution in [-0.4, -0.2) is 163 Å². The standard InChI is InChI=1S/C53H103NO15/c1-3-5-7-9-11-13-15-16-17-18-19-20-21-22-23-25-27-29-31-33-35-41(58)51(65)54-39(44(59)40(57)34-32-30-28-26-24-14-12-10-8-6-4-2)38-66-53-50(48(63)46(61)43(37-56)68-53)69-52-49(64)47(62)45(60)42(36-55)67-52/h39-50,52-53,55-64H,3-38H2,1-2H3,(H,54,65)/t39-,40+,41+,42+,43+,44-,45+,46-,47-,48-,49+,50+,52+,53-/m0/s1. The molecule has 2 rings (SSSR count). The molecule has 69 heavy (non-hydrogen) atoms.